The van der Waals surface area contributed by atoms with Gasteiger partial charge in [0.15, 0.2) is 5.75 Å². The van der Waals surface area contributed by atoms with E-state index in [1.165, 1.54) is 19.1 Å². The van der Waals surface area contributed by atoms with E-state index in [1.807, 2.05) is 0 Å². The lowest BCUT2D eigenvalue weighted by atomic mass is 10.2. The van der Waals surface area contributed by atoms with E-state index in [1.54, 1.807) is 0 Å². The average Bonchev–Trinajstić information content (AvgIpc) is 2.46. The van der Waals surface area contributed by atoms with Gasteiger partial charge in [0.1, 0.15) is 4.90 Å². The quantitative estimate of drug-likeness (QED) is 0.471. The molecule has 0 aliphatic rings. The first-order valence-corrected chi connectivity index (χ1v) is 7.79. The van der Waals surface area contributed by atoms with Gasteiger partial charge in [-0.15, -0.1) is 0 Å². The summed E-state index contributed by atoms with van der Waals surface area (Å²) in [5.74, 6) is -0.909. The van der Waals surface area contributed by atoms with Crippen molar-refractivity contribution in [3.63, 3.8) is 0 Å². The molecule has 2 rings (SSSR count). The fourth-order valence-corrected chi connectivity index (χ4v) is 2.85. The summed E-state index contributed by atoms with van der Waals surface area (Å²) >= 11 is 0. The molecule has 6 nitrogen and oxygen atoms in total. The van der Waals surface area contributed by atoms with Crippen LogP contribution in [0.4, 0.5) is 18.9 Å². The largest absolute Gasteiger partial charge is 0.420 e. The molecular weight excluding hydrogens is 351 g/mol. The van der Waals surface area contributed by atoms with Crippen molar-refractivity contribution in [1.29, 1.82) is 0 Å². The predicted octanol–water partition coefficient (Wildman–Crippen LogP) is 3.69. The summed E-state index contributed by atoms with van der Waals surface area (Å²) in [4.78, 5) is 9.46. The van der Waals surface area contributed by atoms with Crippen LogP contribution in [0.1, 0.15) is 11.1 Å². The molecule has 128 valence electrons. The van der Waals surface area contributed by atoms with Crippen molar-refractivity contribution in [2.45, 2.75) is 18.0 Å². The van der Waals surface area contributed by atoms with Crippen LogP contribution in [0, 0.1) is 17.0 Å². The number of benzene rings is 2. The van der Waals surface area contributed by atoms with Crippen LogP contribution in [0.25, 0.3) is 0 Å². The van der Waals surface area contributed by atoms with Crippen molar-refractivity contribution in [2.24, 2.45) is 0 Å². The molecule has 2 aromatic rings. The van der Waals surface area contributed by atoms with E-state index in [-0.39, 0.29) is 5.56 Å². The first kappa shape index (κ1) is 17.7. The molecule has 0 bridgehead atoms. The SMILES string of the molecule is Cc1ccc(S(=O)(=O)Oc2ccccc2C(F)(F)F)cc1[N+](=O)[O-]. The Morgan fingerprint density at radius 2 is 1.75 bits per heavy atom. The van der Waals surface area contributed by atoms with E-state index in [0.717, 1.165) is 24.3 Å². The van der Waals surface area contributed by atoms with E-state index in [4.69, 9.17) is 0 Å². The number of nitro groups is 1. The molecule has 0 amide bonds. The highest BCUT2D eigenvalue weighted by Gasteiger charge is 2.35. The highest BCUT2D eigenvalue weighted by Crippen LogP contribution is 2.37. The zero-order chi connectivity index (χ0) is 18.1. The molecular formula is C14H10F3NO5S. The Kier molecular flexibility index (Phi) is 4.52. The van der Waals surface area contributed by atoms with Gasteiger partial charge in [-0.1, -0.05) is 18.2 Å². The van der Waals surface area contributed by atoms with Crippen LogP contribution in [0.5, 0.6) is 5.75 Å². The normalized spacial score (nSPS) is 12.0. The number of para-hydroxylation sites is 1. The summed E-state index contributed by atoms with van der Waals surface area (Å²) in [6, 6.07) is 6.71. The van der Waals surface area contributed by atoms with Crippen LogP contribution >= 0.6 is 0 Å². The van der Waals surface area contributed by atoms with Gasteiger partial charge in [0, 0.05) is 11.6 Å². The fourth-order valence-electron chi connectivity index (χ4n) is 1.88. The first-order valence-electron chi connectivity index (χ1n) is 6.38. The monoisotopic (exact) mass is 361 g/mol. The lowest BCUT2D eigenvalue weighted by Gasteiger charge is -2.13. The molecule has 0 aliphatic heterocycles. The number of hydrogen-bond acceptors (Lipinski definition) is 5. The molecule has 0 fully saturated rings. The molecule has 24 heavy (non-hydrogen) atoms. The van der Waals surface area contributed by atoms with Gasteiger partial charge in [-0.3, -0.25) is 10.1 Å². The van der Waals surface area contributed by atoms with Crippen LogP contribution in [0.2, 0.25) is 0 Å². The number of nitrogens with zero attached hydrogens (tertiary/aromatic N) is 1. The standard InChI is InChI=1S/C14H10F3NO5S/c1-9-6-7-10(8-12(9)18(19)20)24(21,22)23-13-5-3-2-4-11(13)14(15,16)17/h2-8H,1H3. The Hall–Kier alpha value is -2.62. The number of rotatable bonds is 4. The zero-order valence-electron chi connectivity index (χ0n) is 12.1. The molecule has 0 aliphatic carbocycles. The minimum atomic E-state index is -4.81. The maximum atomic E-state index is 12.9. The molecule has 0 saturated carbocycles. The highest BCUT2D eigenvalue weighted by molar-refractivity contribution is 7.87. The lowest BCUT2D eigenvalue weighted by Crippen LogP contribution is -2.14. The van der Waals surface area contributed by atoms with Crippen LogP contribution in [0.15, 0.2) is 47.4 Å². The third-order valence-electron chi connectivity index (χ3n) is 3.06. The van der Waals surface area contributed by atoms with Crippen LogP contribution in [-0.4, -0.2) is 13.3 Å². The Morgan fingerprint density at radius 1 is 1.12 bits per heavy atom. The Labute approximate surface area is 134 Å². The second kappa shape index (κ2) is 6.11. The van der Waals surface area contributed by atoms with Crippen molar-refractivity contribution in [1.82, 2.24) is 0 Å². The zero-order valence-corrected chi connectivity index (χ0v) is 12.9. The molecule has 0 atom stereocenters. The Balaban J connectivity index is 2.48. The van der Waals surface area contributed by atoms with Gasteiger partial charge in [-0.2, -0.15) is 21.6 Å². The van der Waals surface area contributed by atoms with Gasteiger partial charge >= 0.3 is 16.3 Å². The van der Waals surface area contributed by atoms with Gasteiger partial charge in [-0.25, -0.2) is 0 Å². The number of alkyl halides is 3. The fraction of sp³-hybridized carbons (Fsp3) is 0.143. The summed E-state index contributed by atoms with van der Waals surface area (Å²) in [7, 11) is -4.67. The Bertz CT molecular complexity index is 894. The third kappa shape index (κ3) is 3.65. The lowest BCUT2D eigenvalue weighted by molar-refractivity contribution is -0.385. The van der Waals surface area contributed by atoms with Gasteiger partial charge in [0.05, 0.1) is 10.5 Å². The van der Waals surface area contributed by atoms with Crippen molar-refractivity contribution < 1.29 is 30.7 Å². The number of hydrogen-bond donors (Lipinski definition) is 0. The van der Waals surface area contributed by atoms with E-state index in [2.05, 4.69) is 4.18 Å². The maximum Gasteiger partial charge on any atom is 0.420 e. The summed E-state index contributed by atoms with van der Waals surface area (Å²) in [6.45, 7) is 1.40. The number of aryl methyl sites for hydroxylation is 1. The Morgan fingerprint density at radius 3 is 2.33 bits per heavy atom. The van der Waals surface area contributed by atoms with Gasteiger partial charge < -0.3 is 4.18 Å². The molecule has 0 aromatic heterocycles. The first-order chi connectivity index (χ1) is 11.0. The summed E-state index contributed by atoms with van der Waals surface area (Å²) in [6.07, 6.45) is -4.81. The third-order valence-corrected chi connectivity index (χ3v) is 4.29. The molecule has 0 N–H and O–H groups in total. The summed E-state index contributed by atoms with van der Waals surface area (Å²) < 4.78 is 67.5. The van der Waals surface area contributed by atoms with E-state index >= 15 is 0 Å². The topological polar surface area (TPSA) is 86.5 Å². The average molecular weight is 361 g/mol. The molecule has 0 heterocycles. The van der Waals surface area contributed by atoms with E-state index in [9.17, 15) is 31.7 Å². The van der Waals surface area contributed by atoms with Gasteiger partial charge in [-0.05, 0) is 25.1 Å². The van der Waals surface area contributed by atoms with Gasteiger partial charge in [0.25, 0.3) is 5.69 Å². The summed E-state index contributed by atoms with van der Waals surface area (Å²) in [5, 5.41) is 10.9. The van der Waals surface area contributed by atoms with Crippen molar-refractivity contribution >= 4 is 15.8 Å². The minimum Gasteiger partial charge on any atom is -0.378 e. The van der Waals surface area contributed by atoms with Crippen LogP contribution in [-0.2, 0) is 16.3 Å². The van der Waals surface area contributed by atoms with Crippen molar-refractivity contribution in [3.05, 3.63) is 63.7 Å². The second-order valence-corrected chi connectivity index (χ2v) is 6.28. The molecule has 2 aromatic carbocycles. The van der Waals surface area contributed by atoms with Crippen LogP contribution < -0.4 is 4.18 Å². The second-order valence-electron chi connectivity index (χ2n) is 4.74. The van der Waals surface area contributed by atoms with Gasteiger partial charge in [0.2, 0.25) is 0 Å². The van der Waals surface area contributed by atoms with Crippen molar-refractivity contribution in [2.75, 3.05) is 0 Å². The molecule has 0 radical (unpaired) electrons. The molecule has 10 heteroatoms. The van der Waals surface area contributed by atoms with E-state index in [0.29, 0.717) is 6.07 Å². The number of nitro benzene ring substituents is 1. The summed E-state index contributed by atoms with van der Waals surface area (Å²) in [5.41, 5.74) is -1.55. The molecule has 0 saturated heterocycles. The maximum absolute atomic E-state index is 12.9. The minimum absolute atomic E-state index is 0.203. The van der Waals surface area contributed by atoms with E-state index < -0.39 is 43.1 Å². The molecule has 0 spiro atoms. The smallest absolute Gasteiger partial charge is 0.378 e. The van der Waals surface area contributed by atoms with Crippen molar-refractivity contribution in [3.8, 4) is 5.75 Å². The number of halogens is 3. The predicted molar refractivity (Wildman–Crippen MR) is 77.1 cm³/mol. The highest BCUT2D eigenvalue weighted by atomic mass is 32.2. The molecule has 0 unspecified atom stereocenters. The van der Waals surface area contributed by atoms with Crippen LogP contribution in [0.3, 0.4) is 0 Å².